The summed E-state index contributed by atoms with van der Waals surface area (Å²) in [5.41, 5.74) is 0. The first-order chi connectivity index (χ1) is 4.74. The van der Waals surface area contributed by atoms with Crippen LogP contribution in [0.4, 0.5) is 0 Å². The quantitative estimate of drug-likeness (QED) is 0.573. The fourth-order valence-corrected chi connectivity index (χ4v) is 1.17. The highest BCUT2D eigenvalue weighted by Crippen LogP contribution is 2.24. The molecular formula is C9H16O. The van der Waals surface area contributed by atoms with Gasteiger partial charge in [-0.1, -0.05) is 20.8 Å². The van der Waals surface area contributed by atoms with Gasteiger partial charge in [0.25, 0.3) is 0 Å². The molecule has 1 unspecified atom stereocenters. The van der Waals surface area contributed by atoms with E-state index in [0.29, 0.717) is 12.0 Å². The first kappa shape index (κ1) is 7.64. The van der Waals surface area contributed by atoms with Gasteiger partial charge in [-0.15, -0.1) is 0 Å². The number of ether oxygens (including phenoxy) is 1. The van der Waals surface area contributed by atoms with Gasteiger partial charge in [-0.25, -0.2) is 0 Å². The Morgan fingerprint density at radius 3 is 2.70 bits per heavy atom. The molecular weight excluding hydrogens is 124 g/mol. The largest absolute Gasteiger partial charge is 0.495 e. The van der Waals surface area contributed by atoms with E-state index in [1.165, 1.54) is 5.76 Å². The summed E-state index contributed by atoms with van der Waals surface area (Å²) in [7, 11) is 0. The molecule has 1 heterocycles. The second-order valence-corrected chi connectivity index (χ2v) is 3.16. The summed E-state index contributed by atoms with van der Waals surface area (Å²) >= 11 is 0. The average molecular weight is 140 g/mol. The van der Waals surface area contributed by atoms with E-state index in [9.17, 15) is 0 Å². The van der Waals surface area contributed by atoms with Crippen LogP contribution in [0.3, 0.4) is 0 Å². The van der Waals surface area contributed by atoms with E-state index < -0.39 is 0 Å². The second kappa shape index (κ2) is 3.09. The van der Waals surface area contributed by atoms with Crippen molar-refractivity contribution < 1.29 is 4.74 Å². The first-order valence-electron chi connectivity index (χ1n) is 4.09. The number of hydrogen-bond acceptors (Lipinski definition) is 1. The van der Waals surface area contributed by atoms with E-state index in [2.05, 4.69) is 26.8 Å². The third-order valence-electron chi connectivity index (χ3n) is 1.97. The molecule has 0 saturated carbocycles. The molecule has 1 rings (SSSR count). The summed E-state index contributed by atoms with van der Waals surface area (Å²) in [5.74, 6) is 1.83. The smallest absolute Gasteiger partial charge is 0.104 e. The van der Waals surface area contributed by atoms with Crippen LogP contribution in [0.1, 0.15) is 33.6 Å². The predicted molar refractivity (Wildman–Crippen MR) is 42.7 cm³/mol. The number of rotatable bonds is 2. The summed E-state index contributed by atoms with van der Waals surface area (Å²) < 4.78 is 5.63. The third-order valence-corrected chi connectivity index (χ3v) is 1.97. The summed E-state index contributed by atoms with van der Waals surface area (Å²) in [4.78, 5) is 0. The lowest BCUT2D eigenvalue weighted by atomic mass is 10.1. The Morgan fingerprint density at radius 2 is 2.40 bits per heavy atom. The topological polar surface area (TPSA) is 9.23 Å². The summed E-state index contributed by atoms with van der Waals surface area (Å²) in [6, 6.07) is 0. The molecule has 0 saturated heterocycles. The van der Waals surface area contributed by atoms with Crippen molar-refractivity contribution in [3.05, 3.63) is 11.8 Å². The van der Waals surface area contributed by atoms with E-state index in [1.807, 2.05) is 0 Å². The van der Waals surface area contributed by atoms with Crippen molar-refractivity contribution in [1.82, 2.24) is 0 Å². The van der Waals surface area contributed by atoms with Gasteiger partial charge in [0.15, 0.2) is 0 Å². The molecule has 1 atom stereocenters. The molecule has 0 aromatic rings. The van der Waals surface area contributed by atoms with Gasteiger partial charge in [-0.3, -0.25) is 0 Å². The molecule has 1 nitrogen and oxygen atoms in total. The lowest BCUT2D eigenvalue weighted by molar-refractivity contribution is 0.0984. The van der Waals surface area contributed by atoms with Crippen LogP contribution in [0.25, 0.3) is 0 Å². The van der Waals surface area contributed by atoms with Crippen LogP contribution >= 0.6 is 0 Å². The van der Waals surface area contributed by atoms with Gasteiger partial charge in [0, 0.05) is 12.8 Å². The molecule has 0 fully saturated rings. The summed E-state index contributed by atoms with van der Waals surface area (Å²) in [6.45, 7) is 6.54. The van der Waals surface area contributed by atoms with E-state index in [-0.39, 0.29) is 0 Å². The average Bonchev–Trinajstić information content (AvgIpc) is 2.34. The molecule has 10 heavy (non-hydrogen) atoms. The molecule has 0 aliphatic carbocycles. The predicted octanol–water partition coefficient (Wildman–Crippen LogP) is 2.73. The van der Waals surface area contributed by atoms with E-state index in [4.69, 9.17) is 4.74 Å². The van der Waals surface area contributed by atoms with Crippen molar-refractivity contribution in [2.24, 2.45) is 5.92 Å². The van der Waals surface area contributed by atoms with Gasteiger partial charge in [0.2, 0.25) is 0 Å². The fourth-order valence-electron chi connectivity index (χ4n) is 1.17. The molecule has 0 amide bonds. The van der Waals surface area contributed by atoms with Gasteiger partial charge in [0.1, 0.15) is 6.10 Å². The molecule has 0 radical (unpaired) electrons. The van der Waals surface area contributed by atoms with Crippen LogP contribution < -0.4 is 0 Å². The van der Waals surface area contributed by atoms with Crippen molar-refractivity contribution in [3.8, 4) is 0 Å². The standard InChI is InChI=1S/C9H16O/c1-4-8-5-6-9(10-8)7(2)3/h5,7,9H,4,6H2,1-3H3. The van der Waals surface area contributed by atoms with Crippen LogP contribution in [0.2, 0.25) is 0 Å². The van der Waals surface area contributed by atoms with Crippen LogP contribution in [0.5, 0.6) is 0 Å². The van der Waals surface area contributed by atoms with Crippen LogP contribution in [-0.2, 0) is 4.74 Å². The minimum Gasteiger partial charge on any atom is -0.495 e. The van der Waals surface area contributed by atoms with E-state index in [0.717, 1.165) is 12.8 Å². The Morgan fingerprint density at radius 1 is 1.70 bits per heavy atom. The van der Waals surface area contributed by atoms with Crippen molar-refractivity contribution >= 4 is 0 Å². The zero-order chi connectivity index (χ0) is 7.56. The second-order valence-electron chi connectivity index (χ2n) is 3.16. The van der Waals surface area contributed by atoms with Gasteiger partial charge in [-0.2, -0.15) is 0 Å². The molecule has 58 valence electrons. The van der Waals surface area contributed by atoms with Crippen LogP contribution in [0, 0.1) is 5.92 Å². The number of allylic oxidation sites excluding steroid dienone is 1. The highest BCUT2D eigenvalue weighted by molar-refractivity contribution is 5.00. The maximum Gasteiger partial charge on any atom is 0.104 e. The minimum absolute atomic E-state index is 0.454. The Bertz CT molecular complexity index is 136. The molecule has 1 heteroatoms. The zero-order valence-electron chi connectivity index (χ0n) is 7.05. The normalized spacial score (nSPS) is 24.8. The van der Waals surface area contributed by atoms with Gasteiger partial charge in [-0.05, 0) is 12.0 Å². The van der Waals surface area contributed by atoms with E-state index >= 15 is 0 Å². The van der Waals surface area contributed by atoms with Gasteiger partial charge < -0.3 is 4.74 Å². The van der Waals surface area contributed by atoms with Gasteiger partial charge in [0.05, 0.1) is 5.76 Å². The van der Waals surface area contributed by atoms with Crippen molar-refractivity contribution in [2.45, 2.75) is 39.7 Å². The SMILES string of the molecule is CCC1=CCC(C(C)C)O1. The lowest BCUT2D eigenvalue weighted by Crippen LogP contribution is -2.13. The molecule has 0 N–H and O–H groups in total. The Hall–Kier alpha value is -0.460. The minimum atomic E-state index is 0.454. The maximum atomic E-state index is 5.63. The molecule has 1 aliphatic rings. The van der Waals surface area contributed by atoms with E-state index in [1.54, 1.807) is 0 Å². The third kappa shape index (κ3) is 1.53. The van der Waals surface area contributed by atoms with Gasteiger partial charge >= 0.3 is 0 Å². The fraction of sp³-hybridized carbons (Fsp3) is 0.778. The summed E-state index contributed by atoms with van der Waals surface area (Å²) in [6.07, 6.45) is 4.82. The Balaban J connectivity index is 2.36. The molecule has 0 bridgehead atoms. The molecule has 1 aliphatic heterocycles. The first-order valence-corrected chi connectivity index (χ1v) is 4.09. The lowest BCUT2D eigenvalue weighted by Gasteiger charge is -2.15. The van der Waals surface area contributed by atoms with Crippen molar-refractivity contribution in [1.29, 1.82) is 0 Å². The maximum absolute atomic E-state index is 5.63. The van der Waals surface area contributed by atoms with Crippen molar-refractivity contribution in [3.63, 3.8) is 0 Å². The molecule has 0 aromatic carbocycles. The van der Waals surface area contributed by atoms with Crippen molar-refractivity contribution in [2.75, 3.05) is 0 Å². The number of hydrogen-bond donors (Lipinski definition) is 0. The van der Waals surface area contributed by atoms with Crippen LogP contribution in [0.15, 0.2) is 11.8 Å². The monoisotopic (exact) mass is 140 g/mol. The highest BCUT2D eigenvalue weighted by atomic mass is 16.5. The highest BCUT2D eigenvalue weighted by Gasteiger charge is 2.19. The Kier molecular flexibility index (Phi) is 2.36. The molecule has 0 spiro atoms. The zero-order valence-corrected chi connectivity index (χ0v) is 7.05. The van der Waals surface area contributed by atoms with Crippen LogP contribution in [-0.4, -0.2) is 6.10 Å². The Labute approximate surface area is 63.1 Å². The summed E-state index contributed by atoms with van der Waals surface area (Å²) in [5, 5.41) is 0. The molecule has 0 aromatic heterocycles.